The highest BCUT2D eigenvalue weighted by Gasteiger charge is 2.10. The average molecular weight is 326 g/mol. The Bertz CT molecular complexity index is 880. The Morgan fingerprint density at radius 2 is 1.75 bits per heavy atom. The van der Waals surface area contributed by atoms with Crippen molar-refractivity contribution in [3.63, 3.8) is 0 Å². The first-order valence-corrected chi connectivity index (χ1v) is 6.38. The Morgan fingerprint density at radius 1 is 1.12 bits per heavy atom. The average Bonchev–Trinajstić information content (AvgIpc) is 2.54. The number of nitro benzene ring substituents is 1. The number of non-ortho nitro benzene ring substituents is 1. The fraction of sp³-hybridized carbons (Fsp3) is 0.0714. The van der Waals surface area contributed by atoms with Gasteiger partial charge in [0.1, 0.15) is 23.8 Å². The van der Waals surface area contributed by atoms with E-state index in [1.165, 1.54) is 12.1 Å². The highest BCUT2D eigenvalue weighted by Crippen LogP contribution is 2.24. The van der Waals surface area contributed by atoms with E-state index in [9.17, 15) is 10.1 Å². The lowest BCUT2D eigenvalue weighted by molar-refractivity contribution is -0.384. The highest BCUT2D eigenvalue weighted by molar-refractivity contribution is 5.72. The van der Waals surface area contributed by atoms with Gasteiger partial charge >= 0.3 is 0 Å². The van der Waals surface area contributed by atoms with Gasteiger partial charge in [-0.15, -0.1) is 0 Å². The van der Waals surface area contributed by atoms with Gasteiger partial charge in [-0.3, -0.25) is 10.1 Å². The zero-order valence-corrected chi connectivity index (χ0v) is 12.6. The van der Waals surface area contributed by atoms with Crippen molar-refractivity contribution in [2.45, 2.75) is 6.92 Å². The number of pyridine rings is 1. The molecule has 8 N–H and O–H groups in total. The number of anilines is 4. The van der Waals surface area contributed by atoms with Crippen LogP contribution in [0.15, 0.2) is 18.2 Å². The number of hydrogen-bond acceptors (Lipinski definition) is 9. The van der Waals surface area contributed by atoms with E-state index in [1.807, 2.05) is 6.07 Å². The molecule has 0 fully saturated rings. The Labute approximate surface area is 137 Å². The van der Waals surface area contributed by atoms with Crippen molar-refractivity contribution < 1.29 is 4.92 Å². The molecule has 1 aromatic carbocycles. The number of benzene rings is 1. The molecular weight excluding hydrogens is 312 g/mol. The van der Waals surface area contributed by atoms with Gasteiger partial charge in [0, 0.05) is 17.8 Å². The van der Waals surface area contributed by atoms with Crippen molar-refractivity contribution in [3.05, 3.63) is 45.0 Å². The minimum atomic E-state index is -0.569. The van der Waals surface area contributed by atoms with Crippen molar-refractivity contribution >= 4 is 28.7 Å². The number of nitrogens with two attached hydrogens (primary N) is 4. The van der Waals surface area contributed by atoms with Crippen LogP contribution < -0.4 is 22.9 Å². The molecule has 2 rings (SSSR count). The molecule has 0 radical (unpaired) electrons. The van der Waals surface area contributed by atoms with Crippen molar-refractivity contribution in [2.24, 2.45) is 0 Å². The van der Waals surface area contributed by atoms with Crippen molar-refractivity contribution in [1.82, 2.24) is 4.98 Å². The maximum Gasteiger partial charge on any atom is 0.270 e. The molecule has 122 valence electrons. The smallest absolute Gasteiger partial charge is 0.270 e. The summed E-state index contributed by atoms with van der Waals surface area (Å²) in [6, 6.07) is 7.42. The molecule has 10 nitrogen and oxygen atoms in total. The first kappa shape index (κ1) is 18.0. The molecule has 2 aromatic rings. The normalized spacial score (nSPS) is 9.12. The van der Waals surface area contributed by atoms with Crippen molar-refractivity contribution in [1.29, 1.82) is 10.5 Å². The molecule has 24 heavy (non-hydrogen) atoms. The number of nitrogen functional groups attached to an aromatic ring is 4. The molecule has 0 bridgehead atoms. The number of nitro groups is 1. The summed E-state index contributed by atoms with van der Waals surface area (Å²) in [6.07, 6.45) is 0. The summed E-state index contributed by atoms with van der Waals surface area (Å²) < 4.78 is 0. The van der Waals surface area contributed by atoms with Gasteiger partial charge in [-0.05, 0) is 18.6 Å². The number of aromatic nitrogens is 1. The minimum absolute atomic E-state index is 0.124. The Morgan fingerprint density at radius 3 is 2.25 bits per heavy atom. The van der Waals surface area contributed by atoms with Crippen LogP contribution >= 0.6 is 0 Å². The standard InChI is InChI=1S/C7H9N5.C7H5N3O2/c1-3-4(2-8)6(10)12-7(11)5(3)9;8-4-5-3-6(10(11)12)1-2-7(5)9/h9H2,1H3,(H4,10,11,12);1-3H,9H2. The lowest BCUT2D eigenvalue weighted by atomic mass is 10.1. The second kappa shape index (κ2) is 7.29. The summed E-state index contributed by atoms with van der Waals surface area (Å²) in [5.41, 5.74) is 23.2. The SMILES string of the molecule is Cc1c(N)c(N)nc(N)c1C#N.N#Cc1cc([N+](=O)[O-])ccc1N. The zero-order valence-electron chi connectivity index (χ0n) is 12.6. The zero-order chi connectivity index (χ0) is 18.4. The molecule has 0 aliphatic heterocycles. The second-order valence-electron chi connectivity index (χ2n) is 4.55. The van der Waals surface area contributed by atoms with Gasteiger partial charge in [-0.1, -0.05) is 0 Å². The molecule has 1 aromatic heterocycles. The summed E-state index contributed by atoms with van der Waals surface area (Å²) in [6.45, 7) is 1.68. The van der Waals surface area contributed by atoms with Gasteiger partial charge in [0.05, 0.1) is 21.7 Å². The third-order valence-corrected chi connectivity index (χ3v) is 3.03. The fourth-order valence-electron chi connectivity index (χ4n) is 1.66. The monoisotopic (exact) mass is 326 g/mol. The predicted molar refractivity (Wildman–Crippen MR) is 89.1 cm³/mol. The third kappa shape index (κ3) is 3.78. The van der Waals surface area contributed by atoms with E-state index < -0.39 is 4.92 Å². The van der Waals surface area contributed by atoms with Crippen LogP contribution in [0.2, 0.25) is 0 Å². The molecular formula is C14H14N8O2. The van der Waals surface area contributed by atoms with E-state index >= 15 is 0 Å². The Balaban J connectivity index is 0.000000240. The topological polar surface area (TPSA) is 208 Å². The Hall–Kier alpha value is -4.05. The van der Waals surface area contributed by atoms with Gasteiger partial charge in [0.2, 0.25) is 0 Å². The lowest BCUT2D eigenvalue weighted by Gasteiger charge is -2.06. The largest absolute Gasteiger partial charge is 0.398 e. The summed E-state index contributed by atoms with van der Waals surface area (Å²) in [7, 11) is 0. The van der Waals surface area contributed by atoms with Gasteiger partial charge in [-0.25, -0.2) is 4.98 Å². The molecule has 0 unspecified atom stereocenters. The molecule has 0 atom stereocenters. The molecule has 0 aliphatic carbocycles. The lowest BCUT2D eigenvalue weighted by Crippen LogP contribution is -2.06. The number of nitriles is 2. The van der Waals surface area contributed by atoms with E-state index in [-0.39, 0.29) is 28.6 Å². The molecule has 0 saturated carbocycles. The van der Waals surface area contributed by atoms with Crippen LogP contribution in [-0.4, -0.2) is 9.91 Å². The first-order chi connectivity index (χ1) is 11.2. The highest BCUT2D eigenvalue weighted by atomic mass is 16.6. The van der Waals surface area contributed by atoms with Crippen LogP contribution in [0.4, 0.5) is 28.7 Å². The van der Waals surface area contributed by atoms with Gasteiger partial charge in [0.15, 0.2) is 0 Å². The third-order valence-electron chi connectivity index (χ3n) is 3.03. The quantitative estimate of drug-likeness (QED) is 0.335. The molecule has 10 heteroatoms. The molecule has 1 heterocycles. The Kier molecular flexibility index (Phi) is 5.46. The van der Waals surface area contributed by atoms with E-state index in [0.717, 1.165) is 6.07 Å². The van der Waals surface area contributed by atoms with E-state index in [1.54, 1.807) is 13.0 Å². The number of rotatable bonds is 1. The van der Waals surface area contributed by atoms with E-state index in [2.05, 4.69) is 4.98 Å². The first-order valence-electron chi connectivity index (χ1n) is 6.38. The van der Waals surface area contributed by atoms with E-state index in [4.69, 9.17) is 33.5 Å². The summed E-state index contributed by atoms with van der Waals surface area (Å²) in [5.74, 6) is 0.297. The van der Waals surface area contributed by atoms with Gasteiger partial charge < -0.3 is 22.9 Å². The summed E-state index contributed by atoms with van der Waals surface area (Å²) in [4.78, 5) is 13.4. The van der Waals surface area contributed by atoms with Crippen LogP contribution in [0.5, 0.6) is 0 Å². The van der Waals surface area contributed by atoms with Crippen LogP contribution in [0.25, 0.3) is 0 Å². The molecule has 0 spiro atoms. The van der Waals surface area contributed by atoms with Crippen molar-refractivity contribution in [3.8, 4) is 12.1 Å². The van der Waals surface area contributed by atoms with Crippen LogP contribution in [0.1, 0.15) is 16.7 Å². The molecule has 0 saturated heterocycles. The van der Waals surface area contributed by atoms with E-state index in [0.29, 0.717) is 16.8 Å². The summed E-state index contributed by atoms with van der Waals surface area (Å²) in [5, 5.41) is 27.4. The van der Waals surface area contributed by atoms with Gasteiger partial charge in [0.25, 0.3) is 5.69 Å². The summed E-state index contributed by atoms with van der Waals surface area (Å²) >= 11 is 0. The maximum absolute atomic E-state index is 10.2. The molecule has 0 aliphatic rings. The van der Waals surface area contributed by atoms with Crippen molar-refractivity contribution in [2.75, 3.05) is 22.9 Å². The van der Waals surface area contributed by atoms with Gasteiger partial charge in [-0.2, -0.15) is 10.5 Å². The van der Waals surface area contributed by atoms with Crippen LogP contribution in [-0.2, 0) is 0 Å². The predicted octanol–water partition coefficient (Wildman–Crippen LogP) is 1.06. The minimum Gasteiger partial charge on any atom is -0.398 e. The second-order valence-corrected chi connectivity index (χ2v) is 4.55. The maximum atomic E-state index is 10.2. The molecule has 0 amide bonds. The number of hydrogen-bond donors (Lipinski definition) is 4. The fourth-order valence-corrected chi connectivity index (χ4v) is 1.66. The van der Waals surface area contributed by atoms with Crippen LogP contribution in [0, 0.1) is 39.7 Å². The number of nitrogens with zero attached hydrogens (tertiary/aromatic N) is 4. The van der Waals surface area contributed by atoms with Crippen LogP contribution in [0.3, 0.4) is 0 Å².